The van der Waals surface area contributed by atoms with Gasteiger partial charge in [0.2, 0.25) is 0 Å². The van der Waals surface area contributed by atoms with E-state index in [1.54, 1.807) is 12.2 Å². The molecule has 0 heterocycles. The van der Waals surface area contributed by atoms with Gasteiger partial charge < -0.3 is 4.74 Å². The smallest absolute Gasteiger partial charge is 0.184 e. The minimum Gasteiger partial charge on any atom is -0.367 e. The fraction of sp³-hybridized carbons (Fsp3) is 0.421. The summed E-state index contributed by atoms with van der Waals surface area (Å²) in [4.78, 5) is 0. The number of halogens is 2. The minimum absolute atomic E-state index is 0.316. The lowest BCUT2D eigenvalue weighted by molar-refractivity contribution is -0.0651. The number of benzene rings is 3. The van der Waals surface area contributed by atoms with Crippen LogP contribution in [0.25, 0.3) is 27.8 Å². The molecule has 4 rings (SSSR count). The van der Waals surface area contributed by atoms with Gasteiger partial charge in [0.25, 0.3) is 0 Å². The molecule has 0 aromatic heterocycles. The predicted molar refractivity (Wildman–Crippen MR) is 170 cm³/mol. The van der Waals surface area contributed by atoms with Crippen LogP contribution in [-0.2, 0) is 4.74 Å². The number of hydrogen-bond acceptors (Lipinski definition) is 1. The average Bonchev–Trinajstić information content (AvgIpc) is 3.02. The van der Waals surface area contributed by atoms with Gasteiger partial charge in [0.1, 0.15) is 11.4 Å². The topological polar surface area (TPSA) is 9.23 Å². The maximum Gasteiger partial charge on any atom is 0.184 e. The first kappa shape index (κ1) is 30.9. The molecule has 1 nitrogen and oxygen atoms in total. The molecule has 2 atom stereocenters. The van der Waals surface area contributed by atoms with Crippen LogP contribution in [0.2, 0.25) is 0 Å². The molecule has 0 radical (unpaired) electrons. The van der Waals surface area contributed by atoms with Crippen LogP contribution < -0.4 is 0 Å². The zero-order valence-corrected chi connectivity index (χ0v) is 24.9. The van der Waals surface area contributed by atoms with Crippen LogP contribution in [0.1, 0.15) is 90.0 Å². The van der Waals surface area contributed by atoms with Gasteiger partial charge in [-0.25, -0.2) is 8.78 Å². The van der Waals surface area contributed by atoms with Gasteiger partial charge in [-0.15, -0.1) is 0 Å². The Balaban J connectivity index is 1.46. The number of hydrogen-bond donors (Lipinski definition) is 0. The van der Waals surface area contributed by atoms with Crippen LogP contribution in [0.4, 0.5) is 8.78 Å². The van der Waals surface area contributed by atoms with E-state index >= 15 is 8.78 Å². The SMILES string of the molecule is CCCCCCCCC1(OCCCCCC)C=CC(c2ccc(-c3ccc(-c4ccccc4)cc3)cc2)=C(F)C1F. The van der Waals surface area contributed by atoms with Crippen molar-refractivity contribution in [2.75, 3.05) is 6.61 Å². The van der Waals surface area contributed by atoms with Crippen molar-refractivity contribution in [3.63, 3.8) is 0 Å². The lowest BCUT2D eigenvalue weighted by atomic mass is 9.82. The third kappa shape index (κ3) is 8.26. The molecule has 41 heavy (non-hydrogen) atoms. The molecule has 3 aromatic rings. The first-order valence-electron chi connectivity index (χ1n) is 15.7. The van der Waals surface area contributed by atoms with E-state index in [1.165, 1.54) is 24.8 Å². The molecule has 0 saturated heterocycles. The molecule has 3 aromatic carbocycles. The standard InChI is InChI=1S/C38H46F2O/c1-3-5-7-9-10-14-27-38(41-29-15-8-6-4-2)28-26-35(36(39)37(38)40)34-24-22-33(23-25-34)32-20-18-31(19-21-32)30-16-12-11-13-17-30/h11-13,16-26,28,37H,3-10,14-15,27,29H2,1-2H3. The van der Waals surface area contributed by atoms with E-state index in [-0.39, 0.29) is 0 Å². The van der Waals surface area contributed by atoms with E-state index in [4.69, 9.17) is 4.74 Å². The van der Waals surface area contributed by atoms with Crippen LogP contribution in [0.5, 0.6) is 0 Å². The predicted octanol–water partition coefficient (Wildman–Crippen LogP) is 11.7. The highest BCUT2D eigenvalue weighted by molar-refractivity contribution is 5.80. The third-order valence-electron chi connectivity index (χ3n) is 8.25. The van der Waals surface area contributed by atoms with Crippen molar-refractivity contribution in [2.45, 2.75) is 96.2 Å². The van der Waals surface area contributed by atoms with Crippen LogP contribution in [0, 0.1) is 0 Å². The Hall–Kier alpha value is -3.04. The summed E-state index contributed by atoms with van der Waals surface area (Å²) in [5, 5.41) is 0. The van der Waals surface area contributed by atoms with E-state index in [9.17, 15) is 0 Å². The Kier molecular flexibility index (Phi) is 11.9. The molecular weight excluding hydrogens is 510 g/mol. The minimum atomic E-state index is -1.80. The Labute approximate surface area is 246 Å². The Morgan fingerprint density at radius 2 is 1.10 bits per heavy atom. The molecule has 0 saturated carbocycles. The monoisotopic (exact) mass is 556 g/mol. The van der Waals surface area contributed by atoms with E-state index in [0.717, 1.165) is 61.6 Å². The Morgan fingerprint density at radius 3 is 1.68 bits per heavy atom. The Morgan fingerprint density at radius 1 is 0.610 bits per heavy atom. The van der Waals surface area contributed by atoms with Gasteiger partial charge in [0, 0.05) is 12.2 Å². The van der Waals surface area contributed by atoms with E-state index < -0.39 is 17.6 Å². The molecule has 0 fully saturated rings. The summed E-state index contributed by atoms with van der Waals surface area (Å²) < 4.78 is 37.9. The number of unbranched alkanes of at least 4 members (excludes halogenated alkanes) is 8. The average molecular weight is 557 g/mol. The maximum atomic E-state index is 16.0. The van der Waals surface area contributed by atoms with Crippen molar-refractivity contribution in [3.8, 4) is 22.3 Å². The van der Waals surface area contributed by atoms with Gasteiger partial charge in [-0.05, 0) is 46.7 Å². The van der Waals surface area contributed by atoms with Crippen molar-refractivity contribution in [1.29, 1.82) is 0 Å². The molecule has 1 aliphatic carbocycles. The number of ether oxygens (including phenoxy) is 1. The molecule has 0 N–H and O–H groups in total. The van der Waals surface area contributed by atoms with Crippen molar-refractivity contribution in [2.24, 2.45) is 0 Å². The largest absolute Gasteiger partial charge is 0.367 e. The molecule has 218 valence electrons. The van der Waals surface area contributed by atoms with Crippen LogP contribution in [0.3, 0.4) is 0 Å². The second kappa shape index (κ2) is 15.8. The van der Waals surface area contributed by atoms with Gasteiger partial charge >= 0.3 is 0 Å². The van der Waals surface area contributed by atoms with Crippen molar-refractivity contribution < 1.29 is 13.5 Å². The van der Waals surface area contributed by atoms with Gasteiger partial charge in [0.15, 0.2) is 6.17 Å². The molecule has 0 bridgehead atoms. The van der Waals surface area contributed by atoms with Crippen LogP contribution >= 0.6 is 0 Å². The van der Waals surface area contributed by atoms with Gasteiger partial charge in [0.05, 0.1) is 0 Å². The summed E-state index contributed by atoms with van der Waals surface area (Å²) in [5.74, 6) is -0.716. The highest BCUT2D eigenvalue weighted by Gasteiger charge is 2.44. The summed E-state index contributed by atoms with van der Waals surface area (Å²) in [7, 11) is 0. The molecule has 0 spiro atoms. The summed E-state index contributed by atoms with van der Waals surface area (Å²) in [5.41, 5.74) is 4.25. The first-order chi connectivity index (χ1) is 20.1. The second-order valence-corrected chi connectivity index (χ2v) is 11.4. The lowest BCUT2D eigenvalue weighted by Gasteiger charge is -2.36. The summed E-state index contributed by atoms with van der Waals surface area (Å²) in [6.07, 6.45) is 13.1. The van der Waals surface area contributed by atoms with Crippen molar-refractivity contribution >= 4 is 5.57 Å². The first-order valence-corrected chi connectivity index (χ1v) is 15.7. The molecule has 1 aliphatic rings. The maximum absolute atomic E-state index is 16.0. The zero-order chi connectivity index (χ0) is 28.9. The number of alkyl halides is 1. The van der Waals surface area contributed by atoms with E-state index in [2.05, 4.69) is 50.2 Å². The third-order valence-corrected chi connectivity index (χ3v) is 8.25. The van der Waals surface area contributed by atoms with Gasteiger partial charge in [-0.2, -0.15) is 0 Å². The number of allylic oxidation sites excluding steroid dienone is 2. The highest BCUT2D eigenvalue weighted by Crippen LogP contribution is 2.41. The van der Waals surface area contributed by atoms with Gasteiger partial charge in [-0.1, -0.05) is 157 Å². The summed E-state index contributed by atoms with van der Waals surface area (Å²) >= 11 is 0. The fourth-order valence-electron chi connectivity index (χ4n) is 5.68. The van der Waals surface area contributed by atoms with Gasteiger partial charge in [-0.3, -0.25) is 0 Å². The summed E-state index contributed by atoms with van der Waals surface area (Å²) in [6, 6.07) is 26.5. The number of rotatable bonds is 16. The van der Waals surface area contributed by atoms with Crippen LogP contribution in [-0.4, -0.2) is 18.4 Å². The van der Waals surface area contributed by atoms with E-state index in [1.807, 2.05) is 42.5 Å². The van der Waals surface area contributed by atoms with Crippen LogP contribution in [0.15, 0.2) is 96.8 Å². The molecular formula is C38H46F2O. The lowest BCUT2D eigenvalue weighted by Crippen LogP contribution is -2.43. The van der Waals surface area contributed by atoms with Crippen molar-refractivity contribution in [3.05, 3.63) is 102 Å². The molecule has 0 amide bonds. The Bertz CT molecular complexity index is 1240. The normalized spacial score (nSPS) is 18.7. The quantitative estimate of drug-likeness (QED) is 0.159. The van der Waals surface area contributed by atoms with Crippen molar-refractivity contribution in [1.82, 2.24) is 0 Å². The molecule has 3 heteroatoms. The molecule has 2 unspecified atom stereocenters. The highest BCUT2D eigenvalue weighted by atomic mass is 19.2. The zero-order valence-electron chi connectivity index (χ0n) is 24.9. The summed E-state index contributed by atoms with van der Waals surface area (Å²) in [6.45, 7) is 4.82. The molecule has 0 aliphatic heterocycles. The second-order valence-electron chi connectivity index (χ2n) is 11.4. The van der Waals surface area contributed by atoms with E-state index in [0.29, 0.717) is 24.2 Å². The fourth-order valence-corrected chi connectivity index (χ4v) is 5.68.